The van der Waals surface area contributed by atoms with Crippen LogP contribution >= 0.6 is 0 Å². The molecule has 0 amide bonds. The van der Waals surface area contributed by atoms with Gasteiger partial charge in [-0.05, 0) is 39.0 Å². The molecule has 0 bridgehead atoms. The first kappa shape index (κ1) is 34.2. The number of hydrogen-bond acceptors (Lipinski definition) is 4. The summed E-state index contributed by atoms with van der Waals surface area (Å²) in [6, 6.07) is 0. The zero-order valence-corrected chi connectivity index (χ0v) is 20.8. The van der Waals surface area contributed by atoms with E-state index < -0.39 is 17.6 Å². The fourth-order valence-corrected chi connectivity index (χ4v) is 2.93. The molecule has 0 aliphatic rings. The molecule has 0 radical (unpaired) electrons. The van der Waals surface area contributed by atoms with Gasteiger partial charge in [-0.15, -0.1) is 0 Å². The number of carboxylic acids is 2. The molecule has 186 valence electrons. The summed E-state index contributed by atoms with van der Waals surface area (Å²) >= 11 is 0. The zero-order valence-electron chi connectivity index (χ0n) is 20.8. The van der Waals surface area contributed by atoms with Gasteiger partial charge >= 0.3 is 0 Å². The molecule has 0 aromatic carbocycles. The van der Waals surface area contributed by atoms with E-state index in [0.717, 1.165) is 20.3 Å². The molecule has 0 spiro atoms. The summed E-state index contributed by atoms with van der Waals surface area (Å²) in [5.74, 6) is -1.67. The Morgan fingerprint density at radius 2 is 0.968 bits per heavy atom. The lowest BCUT2D eigenvalue weighted by atomic mass is 10.0. The molecule has 0 aromatic heterocycles. The van der Waals surface area contributed by atoms with Crippen LogP contribution in [0.1, 0.15) is 130 Å². The van der Waals surface area contributed by atoms with Crippen LogP contribution in [0.25, 0.3) is 0 Å². The summed E-state index contributed by atoms with van der Waals surface area (Å²) in [5, 5.41) is 14.8. The van der Waals surface area contributed by atoms with Gasteiger partial charge in [0.2, 0.25) is 0 Å². The van der Waals surface area contributed by atoms with Gasteiger partial charge in [0.1, 0.15) is 0 Å². The molecule has 31 heavy (non-hydrogen) atoms. The first-order chi connectivity index (χ1) is 14.5. The molecule has 0 aromatic rings. The normalized spacial score (nSPS) is 10.8. The van der Waals surface area contributed by atoms with Gasteiger partial charge in [0, 0.05) is 13.8 Å². The van der Waals surface area contributed by atoms with Gasteiger partial charge in [0.25, 0.3) is 11.9 Å². The lowest BCUT2D eigenvalue weighted by Crippen LogP contribution is -2.45. The number of hydrogen-bond donors (Lipinski definition) is 4. The third kappa shape index (κ3) is 58.5. The summed E-state index contributed by atoms with van der Waals surface area (Å²) in [7, 11) is 0. The third-order valence-corrected chi connectivity index (χ3v) is 4.48. The number of carboxylic acid groups (broad SMARTS) is 2. The van der Waals surface area contributed by atoms with Crippen molar-refractivity contribution in [1.29, 1.82) is 0 Å². The van der Waals surface area contributed by atoms with Crippen LogP contribution in [0, 0.1) is 0 Å². The highest BCUT2D eigenvalue weighted by Crippen LogP contribution is 2.12. The Morgan fingerprint density at radius 3 is 1.29 bits per heavy atom. The summed E-state index contributed by atoms with van der Waals surface area (Å²) < 4.78 is 0. The largest absolute Gasteiger partial charge is 0.481 e. The van der Waals surface area contributed by atoms with Crippen LogP contribution in [-0.4, -0.2) is 27.8 Å². The summed E-state index contributed by atoms with van der Waals surface area (Å²) in [5.41, 5.74) is 11.1. The number of rotatable bonds is 17. The van der Waals surface area contributed by atoms with Crippen molar-refractivity contribution in [2.24, 2.45) is 11.5 Å². The average Bonchev–Trinajstić information content (AvgIpc) is 2.62. The van der Waals surface area contributed by atoms with Crippen LogP contribution in [0.15, 0.2) is 12.2 Å². The number of nitrogens with two attached hydrogens (primary N) is 2. The minimum Gasteiger partial charge on any atom is -0.481 e. The van der Waals surface area contributed by atoms with Crippen molar-refractivity contribution in [3.8, 4) is 0 Å². The molecule has 0 unspecified atom stereocenters. The Bertz CT molecular complexity index is 398. The van der Waals surface area contributed by atoms with Gasteiger partial charge in [0.05, 0.1) is 5.66 Å². The highest BCUT2D eigenvalue weighted by Gasteiger charge is 2.09. The SMILES string of the molecule is CC(=O)O.CC(=O)O.CCCCCCCC/C=C\CCCCCCCCCC(C)(N)N. The van der Waals surface area contributed by atoms with Gasteiger partial charge in [-0.3, -0.25) is 9.59 Å². The monoisotopic (exact) mass is 444 g/mol. The van der Waals surface area contributed by atoms with Gasteiger partial charge < -0.3 is 21.7 Å². The van der Waals surface area contributed by atoms with Crippen molar-refractivity contribution in [2.45, 2.75) is 136 Å². The molecular formula is C25H52N2O4. The van der Waals surface area contributed by atoms with Gasteiger partial charge in [-0.1, -0.05) is 89.7 Å². The lowest BCUT2D eigenvalue weighted by Gasteiger charge is -2.17. The van der Waals surface area contributed by atoms with Crippen molar-refractivity contribution in [3.05, 3.63) is 12.2 Å². The maximum atomic E-state index is 9.00. The Labute approximate surface area is 191 Å². The standard InChI is InChI=1S/C21H44N2.2C2H4O2/c1-3-4-5-6-7-8-9-10-11-12-13-14-15-16-17-18-19-20-21(2,22)23;2*1-2(3)4/h10-11H,3-9,12-20,22-23H2,1-2H3;2*1H3,(H,3,4)/b11-10-;;. The molecule has 0 aliphatic heterocycles. The number of unbranched alkanes of at least 4 members (excludes halogenated alkanes) is 13. The number of carbonyl (C=O) groups is 2. The third-order valence-electron chi connectivity index (χ3n) is 4.48. The van der Waals surface area contributed by atoms with Crippen molar-refractivity contribution < 1.29 is 19.8 Å². The summed E-state index contributed by atoms with van der Waals surface area (Å²) in [6.45, 7) is 6.35. The molecule has 0 aliphatic carbocycles. The Kier molecular flexibility index (Phi) is 29.4. The highest BCUT2D eigenvalue weighted by atomic mass is 16.4. The van der Waals surface area contributed by atoms with E-state index in [0.29, 0.717) is 0 Å². The Hall–Kier alpha value is -1.40. The minimum atomic E-state index is -0.833. The first-order valence-electron chi connectivity index (χ1n) is 12.1. The van der Waals surface area contributed by atoms with E-state index >= 15 is 0 Å². The molecule has 0 rings (SSSR count). The van der Waals surface area contributed by atoms with Crippen LogP contribution in [0.5, 0.6) is 0 Å². The Balaban J connectivity index is -0.000000832. The van der Waals surface area contributed by atoms with Crippen LogP contribution in [0.4, 0.5) is 0 Å². The van der Waals surface area contributed by atoms with Crippen LogP contribution in [-0.2, 0) is 9.59 Å². The van der Waals surface area contributed by atoms with Gasteiger partial charge in [-0.2, -0.15) is 0 Å². The molecule has 6 N–H and O–H groups in total. The van der Waals surface area contributed by atoms with E-state index in [1.54, 1.807) is 0 Å². The van der Waals surface area contributed by atoms with Crippen molar-refractivity contribution in [1.82, 2.24) is 0 Å². The fraction of sp³-hybridized carbons (Fsp3) is 0.840. The van der Waals surface area contributed by atoms with E-state index in [9.17, 15) is 0 Å². The molecule has 6 nitrogen and oxygen atoms in total. The average molecular weight is 445 g/mol. The Morgan fingerprint density at radius 1 is 0.677 bits per heavy atom. The zero-order chi connectivity index (χ0) is 24.4. The van der Waals surface area contributed by atoms with E-state index in [4.69, 9.17) is 31.3 Å². The van der Waals surface area contributed by atoms with E-state index in [1.807, 2.05) is 6.92 Å². The maximum Gasteiger partial charge on any atom is 0.300 e. The number of aliphatic carboxylic acids is 2. The van der Waals surface area contributed by atoms with Crippen LogP contribution in [0.3, 0.4) is 0 Å². The fourth-order valence-electron chi connectivity index (χ4n) is 2.93. The molecule has 0 saturated heterocycles. The van der Waals surface area contributed by atoms with E-state index in [2.05, 4.69) is 19.1 Å². The second-order valence-electron chi connectivity index (χ2n) is 8.59. The highest BCUT2D eigenvalue weighted by molar-refractivity contribution is 5.63. The smallest absolute Gasteiger partial charge is 0.300 e. The lowest BCUT2D eigenvalue weighted by molar-refractivity contribution is -0.135. The second kappa shape index (κ2) is 26.6. The predicted octanol–water partition coefficient (Wildman–Crippen LogP) is 6.62. The van der Waals surface area contributed by atoms with Crippen molar-refractivity contribution >= 4 is 11.9 Å². The molecule has 6 heteroatoms. The quantitative estimate of drug-likeness (QED) is 0.113. The van der Waals surface area contributed by atoms with E-state index in [-0.39, 0.29) is 0 Å². The van der Waals surface area contributed by atoms with Crippen LogP contribution < -0.4 is 11.5 Å². The summed E-state index contributed by atoms with van der Waals surface area (Å²) in [4.78, 5) is 18.0. The minimum absolute atomic E-state index is 0.470. The topological polar surface area (TPSA) is 127 Å². The van der Waals surface area contributed by atoms with Crippen molar-refractivity contribution in [3.63, 3.8) is 0 Å². The van der Waals surface area contributed by atoms with Crippen LogP contribution in [0.2, 0.25) is 0 Å². The molecule has 0 saturated carbocycles. The first-order valence-corrected chi connectivity index (χ1v) is 12.1. The van der Waals surface area contributed by atoms with Crippen molar-refractivity contribution in [2.75, 3.05) is 0 Å². The summed E-state index contributed by atoms with van der Waals surface area (Å²) in [6.07, 6.45) is 26.0. The maximum absolute atomic E-state index is 9.00. The molecule has 0 heterocycles. The van der Waals surface area contributed by atoms with Gasteiger partial charge in [0.15, 0.2) is 0 Å². The molecule has 0 fully saturated rings. The predicted molar refractivity (Wildman–Crippen MR) is 132 cm³/mol. The molecular weight excluding hydrogens is 392 g/mol. The van der Waals surface area contributed by atoms with E-state index in [1.165, 1.54) is 96.3 Å². The second-order valence-corrected chi connectivity index (χ2v) is 8.59. The molecule has 0 atom stereocenters. The number of allylic oxidation sites excluding steroid dienone is 2. The van der Waals surface area contributed by atoms with Gasteiger partial charge in [-0.25, -0.2) is 0 Å².